The minimum Gasteiger partial charge on any atom is -0.360 e. The molecule has 112 valence electrons. The van der Waals surface area contributed by atoms with E-state index in [-0.39, 0.29) is 0 Å². The third-order valence-electron chi connectivity index (χ3n) is 3.85. The molecule has 0 atom stereocenters. The Hall–Kier alpha value is -0.350. The second-order valence-corrected chi connectivity index (χ2v) is 6.87. The monoisotopic (exact) mass is 285 g/mol. The lowest BCUT2D eigenvalue weighted by atomic mass is 10.0. The van der Waals surface area contributed by atoms with E-state index < -0.39 is 0 Å². The lowest BCUT2D eigenvalue weighted by molar-refractivity contribution is 0.157. The van der Waals surface area contributed by atoms with Crippen molar-refractivity contribution in [3.05, 3.63) is 0 Å². The van der Waals surface area contributed by atoms with E-state index in [1.807, 2.05) is 0 Å². The standard InChI is InChI=1S/C15H31N3S/c1-12(2)6-9-17(5)14-7-10-18(11-8-14)15(19)16-13(3)4/h12-14H,6-11H2,1-5H3,(H,16,19). The number of nitrogens with zero attached hydrogens (tertiary/aromatic N) is 2. The van der Waals surface area contributed by atoms with Gasteiger partial charge < -0.3 is 15.1 Å². The highest BCUT2D eigenvalue weighted by Crippen LogP contribution is 2.16. The van der Waals surface area contributed by atoms with Crippen molar-refractivity contribution < 1.29 is 0 Å². The van der Waals surface area contributed by atoms with Crippen LogP contribution >= 0.6 is 12.2 Å². The first kappa shape index (κ1) is 16.7. The van der Waals surface area contributed by atoms with E-state index in [1.165, 1.54) is 25.8 Å². The third kappa shape index (κ3) is 6.09. The van der Waals surface area contributed by atoms with E-state index in [4.69, 9.17) is 12.2 Å². The Morgan fingerprint density at radius 2 is 1.84 bits per heavy atom. The molecule has 0 unspecified atom stereocenters. The molecule has 1 heterocycles. The van der Waals surface area contributed by atoms with Gasteiger partial charge in [-0.25, -0.2) is 0 Å². The van der Waals surface area contributed by atoms with Gasteiger partial charge in [0.1, 0.15) is 0 Å². The smallest absolute Gasteiger partial charge is 0.169 e. The highest BCUT2D eigenvalue weighted by atomic mass is 32.1. The Morgan fingerprint density at radius 1 is 1.26 bits per heavy atom. The van der Waals surface area contributed by atoms with Gasteiger partial charge in [0.05, 0.1) is 0 Å². The van der Waals surface area contributed by atoms with Crippen molar-refractivity contribution in [3.8, 4) is 0 Å². The summed E-state index contributed by atoms with van der Waals surface area (Å²) in [5.74, 6) is 0.797. The number of nitrogens with one attached hydrogen (secondary N) is 1. The zero-order valence-electron chi connectivity index (χ0n) is 13.3. The summed E-state index contributed by atoms with van der Waals surface area (Å²) in [6.07, 6.45) is 3.76. The molecule has 0 spiro atoms. The van der Waals surface area contributed by atoms with Gasteiger partial charge in [0.25, 0.3) is 0 Å². The molecular formula is C15H31N3S. The van der Waals surface area contributed by atoms with Crippen LogP contribution < -0.4 is 5.32 Å². The highest BCUT2D eigenvalue weighted by molar-refractivity contribution is 7.80. The Kier molecular flexibility index (Phi) is 7.08. The summed E-state index contributed by atoms with van der Waals surface area (Å²) in [6, 6.07) is 1.16. The Morgan fingerprint density at radius 3 is 2.32 bits per heavy atom. The number of thiocarbonyl (C=S) groups is 1. The molecule has 1 N–H and O–H groups in total. The van der Waals surface area contributed by atoms with Gasteiger partial charge in [-0.15, -0.1) is 0 Å². The van der Waals surface area contributed by atoms with Crippen molar-refractivity contribution in [1.29, 1.82) is 0 Å². The molecule has 1 aliphatic rings. The molecule has 3 nitrogen and oxygen atoms in total. The van der Waals surface area contributed by atoms with E-state index in [0.717, 1.165) is 30.2 Å². The fourth-order valence-corrected chi connectivity index (χ4v) is 2.91. The minimum absolute atomic E-state index is 0.430. The Balaban J connectivity index is 2.30. The average Bonchev–Trinajstić information content (AvgIpc) is 2.35. The summed E-state index contributed by atoms with van der Waals surface area (Å²) < 4.78 is 0. The van der Waals surface area contributed by atoms with Crippen LogP contribution in [0.5, 0.6) is 0 Å². The molecule has 1 fully saturated rings. The van der Waals surface area contributed by atoms with Crippen molar-refractivity contribution in [2.75, 3.05) is 26.7 Å². The second kappa shape index (κ2) is 8.05. The van der Waals surface area contributed by atoms with Gasteiger partial charge in [0.15, 0.2) is 5.11 Å². The molecule has 1 rings (SSSR count). The number of hydrogen-bond acceptors (Lipinski definition) is 2. The Labute approximate surface area is 124 Å². The lowest BCUT2D eigenvalue weighted by Crippen LogP contribution is -2.50. The van der Waals surface area contributed by atoms with Gasteiger partial charge >= 0.3 is 0 Å². The first-order chi connectivity index (χ1) is 8.90. The van der Waals surface area contributed by atoms with Crippen molar-refractivity contribution in [3.63, 3.8) is 0 Å². The predicted molar refractivity (Wildman–Crippen MR) is 87.5 cm³/mol. The van der Waals surface area contributed by atoms with E-state index in [0.29, 0.717) is 6.04 Å². The summed E-state index contributed by atoms with van der Waals surface area (Å²) in [5.41, 5.74) is 0. The van der Waals surface area contributed by atoms with Crippen molar-refractivity contribution in [2.45, 2.75) is 59.0 Å². The van der Waals surface area contributed by atoms with Crippen molar-refractivity contribution in [1.82, 2.24) is 15.1 Å². The van der Waals surface area contributed by atoms with Crippen LogP contribution in [-0.4, -0.2) is 53.7 Å². The summed E-state index contributed by atoms with van der Waals surface area (Å²) in [7, 11) is 2.27. The molecule has 4 heteroatoms. The minimum atomic E-state index is 0.430. The molecule has 1 aliphatic heterocycles. The van der Waals surface area contributed by atoms with Crippen LogP contribution in [0, 0.1) is 5.92 Å². The molecule has 0 aromatic rings. The molecule has 0 saturated carbocycles. The molecule has 19 heavy (non-hydrogen) atoms. The maximum atomic E-state index is 5.44. The first-order valence-electron chi connectivity index (χ1n) is 7.65. The van der Waals surface area contributed by atoms with Crippen LogP contribution in [0.15, 0.2) is 0 Å². The van der Waals surface area contributed by atoms with Gasteiger partial charge in [0, 0.05) is 25.2 Å². The SMILES string of the molecule is CC(C)CCN(C)C1CCN(C(=S)NC(C)C)CC1. The molecule has 0 bridgehead atoms. The quantitative estimate of drug-likeness (QED) is 0.783. The molecule has 0 aliphatic carbocycles. The van der Waals surface area contributed by atoms with Crippen LogP contribution in [-0.2, 0) is 0 Å². The molecule has 0 aromatic carbocycles. The third-order valence-corrected chi connectivity index (χ3v) is 4.22. The van der Waals surface area contributed by atoms with Gasteiger partial charge in [-0.1, -0.05) is 13.8 Å². The van der Waals surface area contributed by atoms with E-state index >= 15 is 0 Å². The number of likely N-dealkylation sites (tertiary alicyclic amines) is 1. The van der Waals surface area contributed by atoms with E-state index in [9.17, 15) is 0 Å². The fourth-order valence-electron chi connectivity index (χ4n) is 2.49. The first-order valence-corrected chi connectivity index (χ1v) is 8.06. The summed E-state index contributed by atoms with van der Waals surface area (Å²) in [4.78, 5) is 4.86. The van der Waals surface area contributed by atoms with Crippen LogP contribution in [0.2, 0.25) is 0 Å². The number of rotatable bonds is 5. The molecule has 0 amide bonds. The Bertz CT molecular complexity index is 271. The molecule has 1 saturated heterocycles. The summed E-state index contributed by atoms with van der Waals surface area (Å²) in [6.45, 7) is 12.3. The van der Waals surface area contributed by atoms with Crippen molar-refractivity contribution >= 4 is 17.3 Å². The zero-order valence-corrected chi connectivity index (χ0v) is 14.1. The van der Waals surface area contributed by atoms with Gasteiger partial charge in [-0.2, -0.15) is 0 Å². The average molecular weight is 286 g/mol. The van der Waals surface area contributed by atoms with Crippen LogP contribution in [0.1, 0.15) is 47.0 Å². The fraction of sp³-hybridized carbons (Fsp3) is 0.933. The van der Waals surface area contributed by atoms with Crippen LogP contribution in [0.4, 0.5) is 0 Å². The summed E-state index contributed by atoms with van der Waals surface area (Å²) in [5, 5.41) is 4.27. The van der Waals surface area contributed by atoms with Crippen LogP contribution in [0.25, 0.3) is 0 Å². The summed E-state index contributed by atoms with van der Waals surface area (Å²) >= 11 is 5.44. The van der Waals surface area contributed by atoms with E-state index in [1.54, 1.807) is 0 Å². The maximum absolute atomic E-state index is 5.44. The largest absolute Gasteiger partial charge is 0.360 e. The van der Waals surface area contributed by atoms with E-state index in [2.05, 4.69) is 49.9 Å². The lowest BCUT2D eigenvalue weighted by Gasteiger charge is -2.38. The van der Waals surface area contributed by atoms with Crippen LogP contribution in [0.3, 0.4) is 0 Å². The van der Waals surface area contributed by atoms with Crippen molar-refractivity contribution in [2.24, 2.45) is 5.92 Å². The second-order valence-electron chi connectivity index (χ2n) is 6.49. The van der Waals surface area contributed by atoms with Gasteiger partial charge in [0.2, 0.25) is 0 Å². The number of piperidine rings is 1. The molecular weight excluding hydrogens is 254 g/mol. The van der Waals surface area contributed by atoms with Gasteiger partial charge in [-0.05, 0) is 64.8 Å². The normalized spacial score (nSPS) is 17.6. The molecule has 0 radical (unpaired) electrons. The zero-order chi connectivity index (χ0) is 14.4. The maximum Gasteiger partial charge on any atom is 0.169 e. The predicted octanol–water partition coefficient (Wildman–Crippen LogP) is 2.71. The van der Waals surface area contributed by atoms with Gasteiger partial charge in [-0.3, -0.25) is 0 Å². The number of hydrogen-bond donors (Lipinski definition) is 1. The molecule has 0 aromatic heterocycles. The highest BCUT2D eigenvalue weighted by Gasteiger charge is 2.23. The topological polar surface area (TPSA) is 18.5 Å².